The Morgan fingerprint density at radius 2 is 2.33 bits per heavy atom. The van der Waals surface area contributed by atoms with Gasteiger partial charge < -0.3 is 10.3 Å². The van der Waals surface area contributed by atoms with Crippen LogP contribution in [0.25, 0.3) is 11.0 Å². The summed E-state index contributed by atoms with van der Waals surface area (Å²) in [5, 5.41) is 4.24. The molecule has 0 amide bonds. The normalized spacial score (nSPS) is 20.4. The molecule has 0 saturated carbocycles. The number of aromatic nitrogens is 2. The third kappa shape index (κ3) is 2.25. The highest BCUT2D eigenvalue weighted by molar-refractivity contribution is 6.32. The first-order valence-electron chi connectivity index (χ1n) is 6.58. The lowest BCUT2D eigenvalue weighted by Crippen LogP contribution is -2.31. The van der Waals surface area contributed by atoms with E-state index < -0.39 is 0 Å². The maximum Gasteiger partial charge on any atom is 0.107 e. The molecule has 0 aliphatic carbocycles. The zero-order valence-electron chi connectivity index (χ0n) is 10.6. The molecule has 4 heteroatoms. The van der Waals surface area contributed by atoms with Crippen molar-refractivity contribution in [3.63, 3.8) is 0 Å². The molecule has 1 unspecified atom stereocenters. The van der Waals surface area contributed by atoms with Crippen molar-refractivity contribution in [1.82, 2.24) is 15.3 Å². The number of nitrogens with zero attached hydrogens (tertiary/aromatic N) is 1. The number of imidazole rings is 1. The molecule has 96 valence electrons. The number of hydrogen-bond donors (Lipinski definition) is 2. The van der Waals surface area contributed by atoms with Crippen LogP contribution in [-0.4, -0.2) is 23.1 Å². The lowest BCUT2D eigenvalue weighted by molar-refractivity contribution is 0.371. The number of halogens is 1. The molecule has 1 atom stereocenters. The van der Waals surface area contributed by atoms with Crippen LogP contribution in [0.2, 0.25) is 5.02 Å². The van der Waals surface area contributed by atoms with E-state index in [9.17, 15) is 0 Å². The molecule has 0 bridgehead atoms. The van der Waals surface area contributed by atoms with Gasteiger partial charge in [-0.2, -0.15) is 0 Å². The second-order valence-corrected chi connectivity index (χ2v) is 5.58. The topological polar surface area (TPSA) is 40.7 Å². The van der Waals surface area contributed by atoms with Gasteiger partial charge in [-0.15, -0.1) is 0 Å². The van der Waals surface area contributed by atoms with Gasteiger partial charge in [-0.3, -0.25) is 0 Å². The summed E-state index contributed by atoms with van der Waals surface area (Å²) < 4.78 is 0. The first kappa shape index (κ1) is 12.0. The third-order valence-corrected chi connectivity index (χ3v) is 4.18. The Bertz CT molecular complexity index is 555. The predicted octanol–water partition coefficient (Wildman–Crippen LogP) is 3.07. The Balaban J connectivity index is 1.86. The minimum absolute atomic E-state index is 0.704. The van der Waals surface area contributed by atoms with E-state index in [2.05, 4.69) is 10.3 Å². The maximum absolute atomic E-state index is 6.12. The summed E-state index contributed by atoms with van der Waals surface area (Å²) in [5.74, 6) is 1.79. The van der Waals surface area contributed by atoms with E-state index in [1.165, 1.54) is 12.8 Å². The van der Waals surface area contributed by atoms with Crippen molar-refractivity contribution >= 4 is 22.6 Å². The van der Waals surface area contributed by atoms with Gasteiger partial charge in [-0.05, 0) is 56.5 Å². The molecule has 1 aromatic carbocycles. The highest BCUT2D eigenvalue weighted by Gasteiger charge is 2.16. The molecule has 2 heterocycles. The van der Waals surface area contributed by atoms with Gasteiger partial charge in [0.1, 0.15) is 5.82 Å². The lowest BCUT2D eigenvalue weighted by atomic mass is 9.96. The molecule has 3 rings (SSSR count). The van der Waals surface area contributed by atoms with Crippen molar-refractivity contribution in [2.45, 2.75) is 26.2 Å². The summed E-state index contributed by atoms with van der Waals surface area (Å²) in [5.41, 5.74) is 3.18. The fraction of sp³-hybridized carbons (Fsp3) is 0.500. The number of fused-ring (bicyclic) bond motifs is 1. The predicted molar refractivity (Wildman–Crippen MR) is 75.1 cm³/mol. The molecule has 1 aromatic heterocycles. The van der Waals surface area contributed by atoms with Gasteiger partial charge in [0.2, 0.25) is 0 Å². The monoisotopic (exact) mass is 263 g/mol. The largest absolute Gasteiger partial charge is 0.342 e. The SMILES string of the molecule is Cc1c(Cl)ccc2[nH]c(CC3CCCNC3)nc12. The molecular weight excluding hydrogens is 246 g/mol. The molecule has 3 nitrogen and oxygen atoms in total. The zero-order chi connectivity index (χ0) is 12.5. The molecule has 0 radical (unpaired) electrons. The van der Waals surface area contributed by atoms with E-state index in [4.69, 9.17) is 16.6 Å². The zero-order valence-corrected chi connectivity index (χ0v) is 11.3. The average molecular weight is 264 g/mol. The summed E-state index contributed by atoms with van der Waals surface area (Å²) >= 11 is 6.12. The molecular formula is C14H18ClN3. The number of aromatic amines is 1. The quantitative estimate of drug-likeness (QED) is 0.874. The highest BCUT2D eigenvalue weighted by atomic mass is 35.5. The maximum atomic E-state index is 6.12. The molecule has 18 heavy (non-hydrogen) atoms. The lowest BCUT2D eigenvalue weighted by Gasteiger charge is -2.21. The number of rotatable bonds is 2. The van der Waals surface area contributed by atoms with Gasteiger partial charge in [-0.1, -0.05) is 11.6 Å². The van der Waals surface area contributed by atoms with Crippen LogP contribution in [0.4, 0.5) is 0 Å². The number of H-pyrrole nitrogens is 1. The van der Waals surface area contributed by atoms with Crippen LogP contribution >= 0.6 is 11.6 Å². The second kappa shape index (κ2) is 4.90. The summed E-state index contributed by atoms with van der Waals surface area (Å²) in [6, 6.07) is 3.95. The Morgan fingerprint density at radius 3 is 3.11 bits per heavy atom. The van der Waals surface area contributed by atoms with Gasteiger partial charge in [-0.25, -0.2) is 4.98 Å². The van der Waals surface area contributed by atoms with E-state index in [1.54, 1.807) is 0 Å². The molecule has 2 N–H and O–H groups in total. The van der Waals surface area contributed by atoms with Crippen molar-refractivity contribution in [2.24, 2.45) is 5.92 Å². The van der Waals surface area contributed by atoms with Crippen molar-refractivity contribution < 1.29 is 0 Å². The van der Waals surface area contributed by atoms with Gasteiger partial charge in [0.25, 0.3) is 0 Å². The Morgan fingerprint density at radius 1 is 1.44 bits per heavy atom. The Labute approximate surface area is 112 Å². The number of piperidine rings is 1. The van der Waals surface area contributed by atoms with Crippen LogP contribution in [-0.2, 0) is 6.42 Å². The van der Waals surface area contributed by atoms with Crippen molar-refractivity contribution in [2.75, 3.05) is 13.1 Å². The van der Waals surface area contributed by atoms with Crippen LogP contribution in [0.15, 0.2) is 12.1 Å². The first-order valence-corrected chi connectivity index (χ1v) is 6.96. The standard InChI is InChI=1S/C14H18ClN3/c1-9-11(15)4-5-12-14(9)18-13(17-12)7-10-3-2-6-16-8-10/h4-5,10,16H,2-3,6-8H2,1H3,(H,17,18). The average Bonchev–Trinajstić information content (AvgIpc) is 2.79. The van der Waals surface area contributed by atoms with Gasteiger partial charge in [0.05, 0.1) is 11.0 Å². The minimum atomic E-state index is 0.704. The van der Waals surface area contributed by atoms with Crippen molar-refractivity contribution in [3.05, 3.63) is 28.5 Å². The highest BCUT2D eigenvalue weighted by Crippen LogP contribution is 2.24. The molecule has 0 spiro atoms. The smallest absolute Gasteiger partial charge is 0.107 e. The van der Waals surface area contributed by atoms with Crippen molar-refractivity contribution in [3.8, 4) is 0 Å². The molecule has 2 aromatic rings. The van der Waals surface area contributed by atoms with Crippen LogP contribution < -0.4 is 5.32 Å². The number of nitrogens with one attached hydrogen (secondary N) is 2. The number of benzene rings is 1. The van der Waals surface area contributed by atoms with Crippen LogP contribution in [0, 0.1) is 12.8 Å². The van der Waals surface area contributed by atoms with Gasteiger partial charge >= 0.3 is 0 Å². The summed E-state index contributed by atoms with van der Waals surface area (Å²) in [6.07, 6.45) is 3.60. The molecule has 1 saturated heterocycles. The fourth-order valence-electron chi connectivity index (χ4n) is 2.71. The van der Waals surface area contributed by atoms with Gasteiger partial charge in [0, 0.05) is 11.4 Å². The van der Waals surface area contributed by atoms with Gasteiger partial charge in [0.15, 0.2) is 0 Å². The third-order valence-electron chi connectivity index (χ3n) is 3.77. The Hall–Kier alpha value is -1.06. The first-order chi connectivity index (χ1) is 8.74. The number of hydrogen-bond acceptors (Lipinski definition) is 2. The molecule has 1 fully saturated rings. The molecule has 1 aliphatic heterocycles. The van der Waals surface area contributed by atoms with Crippen LogP contribution in [0.3, 0.4) is 0 Å². The second-order valence-electron chi connectivity index (χ2n) is 5.17. The van der Waals surface area contributed by atoms with Crippen molar-refractivity contribution in [1.29, 1.82) is 0 Å². The van der Waals surface area contributed by atoms with E-state index in [0.717, 1.165) is 47.0 Å². The number of aryl methyl sites for hydroxylation is 1. The van der Waals surface area contributed by atoms with Crippen LogP contribution in [0.1, 0.15) is 24.2 Å². The van der Waals surface area contributed by atoms with E-state index in [-0.39, 0.29) is 0 Å². The fourth-order valence-corrected chi connectivity index (χ4v) is 2.86. The van der Waals surface area contributed by atoms with Crippen LogP contribution in [0.5, 0.6) is 0 Å². The summed E-state index contributed by atoms with van der Waals surface area (Å²) in [6.45, 7) is 4.29. The Kier molecular flexibility index (Phi) is 3.27. The van der Waals surface area contributed by atoms with E-state index >= 15 is 0 Å². The van der Waals surface area contributed by atoms with E-state index in [0.29, 0.717) is 5.92 Å². The van der Waals surface area contributed by atoms with E-state index in [1.807, 2.05) is 19.1 Å². The summed E-state index contributed by atoms with van der Waals surface area (Å²) in [7, 11) is 0. The molecule has 1 aliphatic rings. The minimum Gasteiger partial charge on any atom is -0.342 e. The summed E-state index contributed by atoms with van der Waals surface area (Å²) in [4.78, 5) is 8.11.